The zero-order chi connectivity index (χ0) is 21.0. The lowest BCUT2D eigenvalue weighted by molar-refractivity contribution is -0.131. The summed E-state index contributed by atoms with van der Waals surface area (Å²) in [5.41, 5.74) is 2.17. The summed E-state index contributed by atoms with van der Waals surface area (Å²) in [6, 6.07) is 15.9. The fourth-order valence-corrected chi connectivity index (χ4v) is 4.44. The van der Waals surface area contributed by atoms with Crippen molar-refractivity contribution < 1.29 is 19.4 Å². The molecule has 1 unspecified atom stereocenters. The summed E-state index contributed by atoms with van der Waals surface area (Å²) >= 11 is 0. The highest BCUT2D eigenvalue weighted by atomic mass is 16.5. The van der Waals surface area contributed by atoms with E-state index in [1.807, 2.05) is 6.07 Å². The summed E-state index contributed by atoms with van der Waals surface area (Å²) in [6.45, 7) is 2.97. The Hall–Kier alpha value is -2.92. The zero-order valence-corrected chi connectivity index (χ0v) is 17.0. The first-order chi connectivity index (χ1) is 14.5. The number of aliphatic carboxylic acids is 1. The van der Waals surface area contributed by atoms with Gasteiger partial charge >= 0.3 is 5.97 Å². The largest absolute Gasteiger partial charge is 0.486 e. The summed E-state index contributed by atoms with van der Waals surface area (Å²) in [4.78, 5) is 26.1. The predicted molar refractivity (Wildman–Crippen MR) is 116 cm³/mol. The van der Waals surface area contributed by atoms with Gasteiger partial charge in [0.05, 0.1) is 12.0 Å². The Morgan fingerprint density at radius 2 is 1.97 bits per heavy atom. The van der Waals surface area contributed by atoms with Crippen LogP contribution in [0.25, 0.3) is 6.08 Å². The van der Waals surface area contributed by atoms with Crippen molar-refractivity contribution in [2.24, 2.45) is 0 Å². The third kappa shape index (κ3) is 4.79. The topological polar surface area (TPSA) is 66.8 Å². The molecular formula is C25H27NO4. The first-order valence-electron chi connectivity index (χ1n) is 10.6. The van der Waals surface area contributed by atoms with E-state index in [1.54, 1.807) is 18.2 Å². The third-order valence-electron chi connectivity index (χ3n) is 6.08. The van der Waals surface area contributed by atoms with E-state index in [0.717, 1.165) is 51.4 Å². The van der Waals surface area contributed by atoms with Crippen molar-refractivity contribution in [3.63, 3.8) is 0 Å². The van der Waals surface area contributed by atoms with Gasteiger partial charge < -0.3 is 14.7 Å². The summed E-state index contributed by atoms with van der Waals surface area (Å²) in [5.74, 6) is -0.305. The molecule has 156 valence electrons. The highest BCUT2D eigenvalue weighted by Gasteiger charge is 2.41. The van der Waals surface area contributed by atoms with Crippen LogP contribution in [0.15, 0.2) is 54.6 Å². The molecule has 4 rings (SSSR count). The van der Waals surface area contributed by atoms with Crippen molar-refractivity contribution in [1.82, 2.24) is 4.90 Å². The molecule has 2 heterocycles. The first-order valence-corrected chi connectivity index (χ1v) is 10.6. The van der Waals surface area contributed by atoms with Crippen LogP contribution in [0.5, 0.6) is 5.75 Å². The van der Waals surface area contributed by atoms with E-state index >= 15 is 0 Å². The van der Waals surface area contributed by atoms with Crippen molar-refractivity contribution in [1.29, 1.82) is 0 Å². The summed E-state index contributed by atoms with van der Waals surface area (Å²) in [5, 5.41) is 8.80. The Bertz CT molecular complexity index is 953. The van der Waals surface area contributed by atoms with Crippen LogP contribution in [-0.4, -0.2) is 47.0 Å². The van der Waals surface area contributed by atoms with Crippen LogP contribution in [-0.2, 0) is 11.2 Å². The van der Waals surface area contributed by atoms with Crippen LogP contribution >= 0.6 is 0 Å². The highest BCUT2D eigenvalue weighted by Crippen LogP contribution is 2.39. The lowest BCUT2D eigenvalue weighted by Gasteiger charge is -2.37. The lowest BCUT2D eigenvalue weighted by atomic mass is 9.84. The number of fused-ring (bicyclic) bond motifs is 1. The van der Waals surface area contributed by atoms with Gasteiger partial charge in [-0.15, -0.1) is 0 Å². The molecule has 5 nitrogen and oxygen atoms in total. The highest BCUT2D eigenvalue weighted by molar-refractivity contribution is 6.01. The molecule has 2 aliphatic heterocycles. The molecule has 30 heavy (non-hydrogen) atoms. The Morgan fingerprint density at radius 1 is 1.13 bits per heavy atom. The number of carbonyl (C=O) groups is 2. The molecule has 1 atom stereocenters. The van der Waals surface area contributed by atoms with Crippen LogP contribution in [0.3, 0.4) is 0 Å². The maximum Gasteiger partial charge on any atom is 0.328 e. The normalized spacial score (nSPS) is 21.9. The molecule has 0 aromatic heterocycles. The van der Waals surface area contributed by atoms with Gasteiger partial charge in [-0.3, -0.25) is 4.79 Å². The van der Waals surface area contributed by atoms with Gasteiger partial charge in [0.25, 0.3) is 0 Å². The smallest absolute Gasteiger partial charge is 0.328 e. The van der Waals surface area contributed by atoms with Gasteiger partial charge in [-0.05, 0) is 55.1 Å². The number of hydrogen-bond acceptors (Lipinski definition) is 4. The molecule has 0 radical (unpaired) electrons. The molecule has 1 spiro atoms. The van der Waals surface area contributed by atoms with Crippen LogP contribution in [0.1, 0.15) is 47.2 Å². The number of ketones is 1. The molecule has 1 fully saturated rings. The summed E-state index contributed by atoms with van der Waals surface area (Å²) in [7, 11) is 0. The predicted octanol–water partition coefficient (Wildman–Crippen LogP) is 4.22. The fourth-order valence-electron chi connectivity index (χ4n) is 4.44. The first kappa shape index (κ1) is 20.4. The van der Waals surface area contributed by atoms with E-state index < -0.39 is 11.6 Å². The van der Waals surface area contributed by atoms with Gasteiger partial charge in [0.1, 0.15) is 11.4 Å². The number of likely N-dealkylation sites (tertiary alicyclic amines) is 1. The molecular weight excluding hydrogens is 378 g/mol. The van der Waals surface area contributed by atoms with Crippen LogP contribution < -0.4 is 4.74 Å². The Balaban J connectivity index is 1.42. The average Bonchev–Trinajstić information content (AvgIpc) is 2.94. The van der Waals surface area contributed by atoms with E-state index in [9.17, 15) is 9.59 Å². The van der Waals surface area contributed by atoms with Crippen molar-refractivity contribution in [3.05, 3.63) is 71.3 Å². The molecule has 0 bridgehead atoms. The van der Waals surface area contributed by atoms with E-state index in [1.165, 1.54) is 11.6 Å². The van der Waals surface area contributed by atoms with E-state index in [4.69, 9.17) is 9.84 Å². The van der Waals surface area contributed by atoms with Crippen molar-refractivity contribution in [3.8, 4) is 5.75 Å². The molecule has 1 saturated heterocycles. The Kier molecular flexibility index (Phi) is 6.00. The number of rotatable bonds is 5. The maximum atomic E-state index is 12.9. The Morgan fingerprint density at radius 3 is 2.77 bits per heavy atom. The molecule has 2 aliphatic rings. The molecule has 2 aromatic carbocycles. The maximum absolute atomic E-state index is 12.9. The van der Waals surface area contributed by atoms with Crippen molar-refractivity contribution in [2.75, 3.05) is 19.6 Å². The number of carboxylic acids is 1. The zero-order valence-electron chi connectivity index (χ0n) is 17.0. The average molecular weight is 405 g/mol. The minimum atomic E-state index is -1.01. The van der Waals surface area contributed by atoms with Crippen LogP contribution in [0.2, 0.25) is 0 Å². The number of benzene rings is 2. The standard InChI is InChI=1S/C25H27NO4/c27-22-18-25(30-23-9-7-20(17-21(22)23)8-10-24(28)29)12-4-14-26(16-13-25)15-11-19-5-2-1-3-6-19/h1-3,5-10,17H,4,11-16,18H2,(H,28,29)/b10-8+. The molecule has 0 aliphatic carbocycles. The number of Topliss-reactive ketones (excluding diaryl/α,β-unsaturated/α-hetero) is 1. The SMILES string of the molecule is O=C(O)/C=C/c1ccc2c(c1)C(=O)CC1(CCCN(CCc3ccccc3)CC1)O2. The lowest BCUT2D eigenvalue weighted by Crippen LogP contribution is -2.43. The van der Waals surface area contributed by atoms with Gasteiger partial charge in [0.2, 0.25) is 0 Å². The quantitative estimate of drug-likeness (QED) is 0.755. The second-order valence-corrected chi connectivity index (χ2v) is 8.24. The van der Waals surface area contributed by atoms with Crippen molar-refractivity contribution >= 4 is 17.8 Å². The number of carbonyl (C=O) groups excluding carboxylic acids is 1. The molecule has 1 N–H and O–H groups in total. The van der Waals surface area contributed by atoms with Gasteiger partial charge in [-0.1, -0.05) is 36.4 Å². The van der Waals surface area contributed by atoms with Crippen LogP contribution in [0.4, 0.5) is 0 Å². The van der Waals surface area contributed by atoms with Crippen LogP contribution in [0, 0.1) is 0 Å². The summed E-state index contributed by atoms with van der Waals surface area (Å²) < 4.78 is 6.41. The fraction of sp³-hybridized carbons (Fsp3) is 0.360. The number of ether oxygens (including phenoxy) is 1. The Labute approximate surface area is 177 Å². The van der Waals surface area contributed by atoms with Gasteiger partial charge in [0, 0.05) is 25.6 Å². The monoisotopic (exact) mass is 405 g/mol. The minimum Gasteiger partial charge on any atom is -0.486 e. The van der Waals surface area contributed by atoms with E-state index in [2.05, 4.69) is 29.2 Å². The number of hydrogen-bond donors (Lipinski definition) is 1. The number of carboxylic acid groups (broad SMARTS) is 1. The second kappa shape index (κ2) is 8.84. The van der Waals surface area contributed by atoms with Gasteiger partial charge in [-0.2, -0.15) is 0 Å². The van der Waals surface area contributed by atoms with E-state index in [-0.39, 0.29) is 5.78 Å². The second-order valence-electron chi connectivity index (χ2n) is 8.24. The summed E-state index contributed by atoms with van der Waals surface area (Å²) in [6.07, 6.45) is 6.72. The molecule has 0 amide bonds. The minimum absolute atomic E-state index is 0.0829. The molecule has 0 saturated carbocycles. The van der Waals surface area contributed by atoms with E-state index in [0.29, 0.717) is 23.3 Å². The third-order valence-corrected chi connectivity index (χ3v) is 6.08. The molecule has 2 aromatic rings. The van der Waals surface area contributed by atoms with Crippen molar-refractivity contribution in [2.45, 2.75) is 37.7 Å². The van der Waals surface area contributed by atoms with Gasteiger partial charge in [-0.25, -0.2) is 4.79 Å². The van der Waals surface area contributed by atoms with Gasteiger partial charge in [0.15, 0.2) is 5.78 Å². The number of nitrogens with zero attached hydrogens (tertiary/aromatic N) is 1. The molecule has 5 heteroatoms.